The number of sulfone groups is 1. The molecule has 0 spiro atoms. The first-order valence-electron chi connectivity index (χ1n) is 6.53. The lowest BCUT2D eigenvalue weighted by molar-refractivity contribution is -0.120. The molecule has 1 aromatic rings. The van der Waals surface area contributed by atoms with Crippen molar-refractivity contribution in [3.8, 4) is 11.5 Å². The smallest absolute Gasteiger partial charge is 0.221 e. The van der Waals surface area contributed by atoms with Crippen molar-refractivity contribution in [1.29, 1.82) is 0 Å². The van der Waals surface area contributed by atoms with Crippen LogP contribution in [0.1, 0.15) is 6.42 Å². The molecule has 0 atom stereocenters. The monoisotopic (exact) mass is 311 g/mol. The Morgan fingerprint density at radius 2 is 2.00 bits per heavy atom. The largest absolute Gasteiger partial charge is 0.486 e. The third-order valence-corrected chi connectivity index (χ3v) is 4.63. The van der Waals surface area contributed by atoms with E-state index in [0.29, 0.717) is 31.3 Å². The Morgan fingerprint density at radius 1 is 1.29 bits per heavy atom. The maximum atomic E-state index is 12.2. The molecule has 0 aliphatic carbocycles. The van der Waals surface area contributed by atoms with E-state index < -0.39 is 9.84 Å². The Morgan fingerprint density at radius 3 is 2.71 bits per heavy atom. The minimum atomic E-state index is -3.54. The first kappa shape index (κ1) is 15.4. The molecule has 0 saturated carbocycles. The summed E-state index contributed by atoms with van der Waals surface area (Å²) in [7, 11) is -3.54. The standard InChI is InChI=1S/C14H17NO5S/c1-2-6-15-14(16)5-9-21(17,18)11-3-4-12-13(10-11)20-8-7-19-12/h2-4,10H,1,5-9H2,(H,15,16). The van der Waals surface area contributed by atoms with Gasteiger partial charge in [0.25, 0.3) is 0 Å². The molecule has 114 valence electrons. The molecule has 1 N–H and O–H groups in total. The van der Waals surface area contributed by atoms with Gasteiger partial charge in [0.2, 0.25) is 5.91 Å². The van der Waals surface area contributed by atoms with Gasteiger partial charge in [-0.3, -0.25) is 4.79 Å². The van der Waals surface area contributed by atoms with E-state index in [2.05, 4.69) is 11.9 Å². The molecule has 6 nitrogen and oxygen atoms in total. The zero-order chi connectivity index (χ0) is 15.3. The molecule has 1 aliphatic rings. The van der Waals surface area contributed by atoms with E-state index in [1.165, 1.54) is 18.2 Å². The molecule has 21 heavy (non-hydrogen) atoms. The van der Waals surface area contributed by atoms with E-state index in [9.17, 15) is 13.2 Å². The van der Waals surface area contributed by atoms with Crippen LogP contribution >= 0.6 is 0 Å². The Labute approximate surface area is 123 Å². The second-order valence-electron chi connectivity index (χ2n) is 4.47. The summed E-state index contributed by atoms with van der Waals surface area (Å²) in [5.41, 5.74) is 0. The summed E-state index contributed by atoms with van der Waals surface area (Å²) in [4.78, 5) is 11.6. The molecule has 0 bridgehead atoms. The Bertz CT molecular complexity index is 639. The third kappa shape index (κ3) is 3.98. The lowest BCUT2D eigenvalue weighted by Crippen LogP contribution is -2.25. The van der Waals surface area contributed by atoms with Crippen LogP contribution in [0.3, 0.4) is 0 Å². The first-order chi connectivity index (χ1) is 10.0. The predicted molar refractivity (Wildman–Crippen MR) is 77.3 cm³/mol. The van der Waals surface area contributed by atoms with Gasteiger partial charge in [0, 0.05) is 19.0 Å². The molecule has 2 rings (SSSR count). The highest BCUT2D eigenvalue weighted by atomic mass is 32.2. The predicted octanol–water partition coefficient (Wildman–Crippen LogP) is 0.924. The molecule has 1 aliphatic heterocycles. The fraction of sp³-hybridized carbons (Fsp3) is 0.357. The van der Waals surface area contributed by atoms with Gasteiger partial charge in [-0.2, -0.15) is 0 Å². The minimum absolute atomic E-state index is 0.0926. The summed E-state index contributed by atoms with van der Waals surface area (Å²) in [5.74, 6) is 0.369. The average Bonchev–Trinajstić information content (AvgIpc) is 2.50. The second-order valence-corrected chi connectivity index (χ2v) is 6.58. The number of nitrogens with one attached hydrogen (secondary N) is 1. The number of rotatable bonds is 6. The van der Waals surface area contributed by atoms with E-state index in [4.69, 9.17) is 9.47 Å². The SMILES string of the molecule is C=CCNC(=O)CCS(=O)(=O)c1ccc2c(c1)OCCO2. The summed E-state index contributed by atoms with van der Waals surface area (Å²) < 4.78 is 35.1. The van der Waals surface area contributed by atoms with E-state index in [0.717, 1.165) is 0 Å². The van der Waals surface area contributed by atoms with Crippen LogP contribution in [0.2, 0.25) is 0 Å². The Kier molecular flexibility index (Phi) is 4.85. The summed E-state index contributed by atoms with van der Waals surface area (Å²) >= 11 is 0. The van der Waals surface area contributed by atoms with Crippen molar-refractivity contribution in [1.82, 2.24) is 5.32 Å². The highest BCUT2D eigenvalue weighted by molar-refractivity contribution is 7.91. The molecular formula is C14H17NO5S. The summed E-state index contributed by atoms with van der Waals surface area (Å²) in [5, 5.41) is 2.54. The van der Waals surface area contributed by atoms with Gasteiger partial charge in [-0.05, 0) is 12.1 Å². The van der Waals surface area contributed by atoms with Crippen LogP contribution in [0.25, 0.3) is 0 Å². The van der Waals surface area contributed by atoms with Crippen molar-refractivity contribution in [3.05, 3.63) is 30.9 Å². The molecule has 0 saturated heterocycles. The van der Waals surface area contributed by atoms with Gasteiger partial charge in [0.15, 0.2) is 21.3 Å². The van der Waals surface area contributed by atoms with Crippen LogP contribution in [-0.4, -0.2) is 39.8 Å². The molecular weight excluding hydrogens is 294 g/mol. The Hall–Kier alpha value is -2.02. The highest BCUT2D eigenvalue weighted by Gasteiger charge is 2.20. The lowest BCUT2D eigenvalue weighted by atomic mass is 10.3. The Balaban J connectivity index is 2.05. The van der Waals surface area contributed by atoms with Crippen molar-refractivity contribution < 1.29 is 22.7 Å². The van der Waals surface area contributed by atoms with Crippen LogP contribution in [-0.2, 0) is 14.6 Å². The van der Waals surface area contributed by atoms with E-state index in [1.807, 2.05) is 0 Å². The molecule has 0 radical (unpaired) electrons. The maximum Gasteiger partial charge on any atom is 0.221 e. The van der Waals surface area contributed by atoms with Crippen LogP contribution in [0, 0.1) is 0 Å². The number of hydrogen-bond acceptors (Lipinski definition) is 5. The second kappa shape index (κ2) is 6.62. The summed E-state index contributed by atoms with van der Waals surface area (Å²) in [6.07, 6.45) is 1.44. The number of carbonyl (C=O) groups excluding carboxylic acids is 1. The van der Waals surface area contributed by atoms with Gasteiger partial charge in [-0.25, -0.2) is 8.42 Å². The lowest BCUT2D eigenvalue weighted by Gasteiger charge is -2.18. The maximum absolute atomic E-state index is 12.2. The molecule has 0 unspecified atom stereocenters. The zero-order valence-corrected chi connectivity index (χ0v) is 12.3. The first-order valence-corrected chi connectivity index (χ1v) is 8.18. The number of carbonyl (C=O) groups is 1. The average molecular weight is 311 g/mol. The van der Waals surface area contributed by atoms with Crippen molar-refractivity contribution in [2.24, 2.45) is 0 Å². The number of fused-ring (bicyclic) bond motifs is 1. The van der Waals surface area contributed by atoms with Gasteiger partial charge in [-0.1, -0.05) is 6.08 Å². The number of amides is 1. The van der Waals surface area contributed by atoms with E-state index in [-0.39, 0.29) is 23.0 Å². The van der Waals surface area contributed by atoms with Crippen molar-refractivity contribution >= 4 is 15.7 Å². The summed E-state index contributed by atoms with van der Waals surface area (Å²) in [6.45, 7) is 4.63. The fourth-order valence-electron chi connectivity index (χ4n) is 1.84. The normalized spacial score (nSPS) is 13.5. The van der Waals surface area contributed by atoms with Crippen LogP contribution in [0.15, 0.2) is 35.7 Å². The van der Waals surface area contributed by atoms with Crippen molar-refractivity contribution in [3.63, 3.8) is 0 Å². The molecule has 1 amide bonds. The van der Waals surface area contributed by atoms with Crippen molar-refractivity contribution in [2.45, 2.75) is 11.3 Å². The third-order valence-electron chi connectivity index (χ3n) is 2.91. The highest BCUT2D eigenvalue weighted by Crippen LogP contribution is 2.32. The van der Waals surface area contributed by atoms with Crippen molar-refractivity contribution in [2.75, 3.05) is 25.5 Å². The number of benzene rings is 1. The van der Waals surface area contributed by atoms with E-state index in [1.54, 1.807) is 6.07 Å². The number of ether oxygens (including phenoxy) is 2. The quantitative estimate of drug-likeness (QED) is 0.790. The number of hydrogen-bond donors (Lipinski definition) is 1. The zero-order valence-electron chi connectivity index (χ0n) is 11.5. The van der Waals surface area contributed by atoms with Crippen LogP contribution in [0.5, 0.6) is 11.5 Å². The van der Waals surface area contributed by atoms with Gasteiger partial charge in [0.1, 0.15) is 13.2 Å². The molecule has 0 aromatic heterocycles. The molecule has 1 aromatic carbocycles. The van der Waals surface area contributed by atoms with Crippen LogP contribution in [0.4, 0.5) is 0 Å². The molecule has 1 heterocycles. The van der Waals surface area contributed by atoms with Crippen LogP contribution < -0.4 is 14.8 Å². The van der Waals surface area contributed by atoms with E-state index >= 15 is 0 Å². The summed E-state index contributed by atoms with van der Waals surface area (Å²) in [6, 6.07) is 4.47. The van der Waals surface area contributed by atoms with Gasteiger partial charge < -0.3 is 14.8 Å². The topological polar surface area (TPSA) is 81.7 Å². The van der Waals surface area contributed by atoms with Gasteiger partial charge >= 0.3 is 0 Å². The molecule has 0 fully saturated rings. The molecule has 7 heteroatoms. The minimum Gasteiger partial charge on any atom is -0.486 e. The van der Waals surface area contributed by atoms with Gasteiger partial charge in [-0.15, -0.1) is 6.58 Å². The van der Waals surface area contributed by atoms with Gasteiger partial charge in [0.05, 0.1) is 10.6 Å². The fourth-order valence-corrected chi connectivity index (χ4v) is 3.09.